The Bertz CT molecular complexity index is 707. The number of amides is 1. The Balaban J connectivity index is 1.65. The van der Waals surface area contributed by atoms with Gasteiger partial charge in [0, 0.05) is 17.7 Å². The van der Waals surface area contributed by atoms with Crippen LogP contribution >= 0.6 is 0 Å². The fourth-order valence-corrected chi connectivity index (χ4v) is 3.59. The van der Waals surface area contributed by atoms with E-state index in [4.69, 9.17) is 9.47 Å². The van der Waals surface area contributed by atoms with E-state index in [9.17, 15) is 4.79 Å². The largest absolute Gasteiger partial charge is 0.457 e. The second-order valence-corrected chi connectivity index (χ2v) is 6.46. The van der Waals surface area contributed by atoms with Gasteiger partial charge in [0.2, 0.25) is 5.91 Å². The van der Waals surface area contributed by atoms with Crippen LogP contribution in [-0.4, -0.2) is 24.7 Å². The summed E-state index contributed by atoms with van der Waals surface area (Å²) in [6.45, 7) is 2.80. The molecule has 2 aliphatic rings. The maximum absolute atomic E-state index is 13.1. The van der Waals surface area contributed by atoms with Crippen LogP contribution in [0.15, 0.2) is 48.5 Å². The number of hydrogen-bond donors (Lipinski definition) is 1. The number of fused-ring (bicyclic) bond motifs is 2. The summed E-state index contributed by atoms with van der Waals surface area (Å²) < 4.78 is 11.7. The predicted molar refractivity (Wildman–Crippen MR) is 91.4 cm³/mol. The van der Waals surface area contributed by atoms with Crippen molar-refractivity contribution in [2.75, 3.05) is 6.61 Å². The van der Waals surface area contributed by atoms with Crippen molar-refractivity contribution in [2.45, 2.75) is 37.8 Å². The molecule has 1 amide bonds. The van der Waals surface area contributed by atoms with Crippen LogP contribution in [0.4, 0.5) is 0 Å². The van der Waals surface area contributed by atoms with E-state index < -0.39 is 0 Å². The highest BCUT2D eigenvalue weighted by molar-refractivity contribution is 5.89. The molecular formula is C20H21NO3. The number of carbonyl (C=O) groups is 1. The Kier molecular flexibility index (Phi) is 3.98. The van der Waals surface area contributed by atoms with E-state index in [0.29, 0.717) is 0 Å². The van der Waals surface area contributed by atoms with Crippen molar-refractivity contribution in [1.29, 1.82) is 0 Å². The Morgan fingerprint density at radius 2 is 1.71 bits per heavy atom. The molecule has 124 valence electrons. The second kappa shape index (κ2) is 6.29. The molecule has 4 heteroatoms. The highest BCUT2D eigenvalue weighted by atomic mass is 16.5. The number of nitrogens with one attached hydrogen (secondary N) is 1. The number of benzene rings is 2. The van der Waals surface area contributed by atoms with Crippen molar-refractivity contribution in [3.63, 3.8) is 0 Å². The van der Waals surface area contributed by atoms with Crippen LogP contribution in [-0.2, 0) is 9.53 Å². The fourth-order valence-electron chi connectivity index (χ4n) is 3.59. The average molecular weight is 323 g/mol. The normalized spacial score (nSPS) is 20.6. The van der Waals surface area contributed by atoms with Gasteiger partial charge in [0.15, 0.2) is 0 Å². The summed E-state index contributed by atoms with van der Waals surface area (Å²) in [6, 6.07) is 15.5. The Morgan fingerprint density at radius 3 is 2.29 bits per heavy atom. The standard InChI is InChI=1S/C20H21NO3/c1-13(16-11-6-12-23-16)21-20(22)19-14-7-2-4-9-17(14)24-18-10-5-3-8-15(18)19/h2-5,7-10,13,16,19H,6,11-12H2,1H3,(H,21,22)/t13-,16+/m0/s1. The summed E-state index contributed by atoms with van der Waals surface area (Å²) in [7, 11) is 0. The minimum absolute atomic E-state index is 0.00111. The molecule has 0 aliphatic carbocycles. The van der Waals surface area contributed by atoms with Gasteiger partial charge in [-0.05, 0) is 31.9 Å². The number of rotatable bonds is 3. The van der Waals surface area contributed by atoms with Gasteiger partial charge in [0.1, 0.15) is 11.5 Å². The molecule has 0 saturated carbocycles. The van der Waals surface area contributed by atoms with Gasteiger partial charge in [-0.15, -0.1) is 0 Å². The van der Waals surface area contributed by atoms with Crippen molar-refractivity contribution in [2.24, 2.45) is 0 Å². The van der Waals surface area contributed by atoms with Crippen LogP contribution in [0.5, 0.6) is 11.5 Å². The lowest BCUT2D eigenvalue weighted by Gasteiger charge is -2.29. The number of ether oxygens (including phenoxy) is 2. The van der Waals surface area contributed by atoms with Gasteiger partial charge < -0.3 is 14.8 Å². The van der Waals surface area contributed by atoms with Gasteiger partial charge in [-0.3, -0.25) is 4.79 Å². The van der Waals surface area contributed by atoms with Gasteiger partial charge in [0.05, 0.1) is 18.1 Å². The van der Waals surface area contributed by atoms with Crippen LogP contribution in [0.25, 0.3) is 0 Å². The van der Waals surface area contributed by atoms with Gasteiger partial charge in [0.25, 0.3) is 0 Å². The van der Waals surface area contributed by atoms with Crippen LogP contribution in [0.1, 0.15) is 36.8 Å². The molecule has 2 atom stereocenters. The summed E-state index contributed by atoms with van der Waals surface area (Å²) in [4.78, 5) is 13.1. The first kappa shape index (κ1) is 15.2. The molecule has 0 radical (unpaired) electrons. The van der Waals surface area contributed by atoms with Crippen LogP contribution in [0.2, 0.25) is 0 Å². The van der Waals surface area contributed by atoms with Crippen LogP contribution in [0, 0.1) is 0 Å². The van der Waals surface area contributed by atoms with Gasteiger partial charge in [-0.25, -0.2) is 0 Å². The molecule has 2 aliphatic heterocycles. The molecule has 2 heterocycles. The lowest BCUT2D eigenvalue weighted by atomic mass is 9.87. The summed E-state index contributed by atoms with van der Waals surface area (Å²) in [5.41, 5.74) is 1.82. The molecule has 0 bridgehead atoms. The molecule has 4 rings (SSSR count). The zero-order chi connectivity index (χ0) is 16.5. The number of carbonyl (C=O) groups excluding carboxylic acids is 1. The molecule has 0 spiro atoms. The lowest BCUT2D eigenvalue weighted by Crippen LogP contribution is -2.43. The first-order chi connectivity index (χ1) is 11.7. The molecule has 1 N–H and O–H groups in total. The van der Waals surface area contributed by atoms with Gasteiger partial charge in [-0.2, -0.15) is 0 Å². The smallest absolute Gasteiger partial charge is 0.232 e. The molecular weight excluding hydrogens is 302 g/mol. The van der Waals surface area contributed by atoms with Gasteiger partial charge >= 0.3 is 0 Å². The Labute approximate surface area is 141 Å². The van der Waals surface area contributed by atoms with E-state index >= 15 is 0 Å². The molecule has 2 aromatic carbocycles. The van der Waals surface area contributed by atoms with Crippen molar-refractivity contribution in [3.8, 4) is 11.5 Å². The molecule has 24 heavy (non-hydrogen) atoms. The van der Waals surface area contributed by atoms with Crippen molar-refractivity contribution >= 4 is 5.91 Å². The molecule has 2 aromatic rings. The molecule has 0 aromatic heterocycles. The third-order valence-electron chi connectivity index (χ3n) is 4.83. The second-order valence-electron chi connectivity index (χ2n) is 6.46. The van der Waals surface area contributed by atoms with E-state index in [1.165, 1.54) is 0 Å². The Hall–Kier alpha value is -2.33. The number of para-hydroxylation sites is 2. The minimum Gasteiger partial charge on any atom is -0.457 e. The van der Waals surface area contributed by atoms with E-state index in [0.717, 1.165) is 42.1 Å². The lowest BCUT2D eigenvalue weighted by molar-refractivity contribution is -0.123. The topological polar surface area (TPSA) is 47.6 Å². The van der Waals surface area contributed by atoms with E-state index in [1.54, 1.807) is 0 Å². The van der Waals surface area contributed by atoms with E-state index in [-0.39, 0.29) is 24.0 Å². The summed E-state index contributed by atoms with van der Waals surface area (Å²) in [5, 5.41) is 3.15. The van der Waals surface area contributed by atoms with Gasteiger partial charge in [-0.1, -0.05) is 36.4 Å². The average Bonchev–Trinajstić information content (AvgIpc) is 3.14. The first-order valence-corrected chi connectivity index (χ1v) is 8.52. The summed E-state index contributed by atoms with van der Waals surface area (Å²) >= 11 is 0. The van der Waals surface area contributed by atoms with Crippen LogP contribution < -0.4 is 10.1 Å². The molecule has 1 fully saturated rings. The summed E-state index contributed by atoms with van der Waals surface area (Å²) in [5.74, 6) is 1.15. The Morgan fingerprint density at radius 1 is 1.08 bits per heavy atom. The maximum atomic E-state index is 13.1. The SMILES string of the molecule is C[C@H](NC(=O)C1c2ccccc2Oc2ccccc21)[C@H]1CCCO1. The van der Waals surface area contributed by atoms with Crippen LogP contribution in [0.3, 0.4) is 0 Å². The number of hydrogen-bond acceptors (Lipinski definition) is 3. The van der Waals surface area contributed by atoms with E-state index in [1.807, 2.05) is 55.5 Å². The third-order valence-corrected chi connectivity index (χ3v) is 4.83. The van der Waals surface area contributed by atoms with E-state index in [2.05, 4.69) is 5.32 Å². The highest BCUT2D eigenvalue weighted by Crippen LogP contribution is 2.43. The molecule has 0 unspecified atom stereocenters. The zero-order valence-electron chi connectivity index (χ0n) is 13.7. The fraction of sp³-hybridized carbons (Fsp3) is 0.350. The third kappa shape index (κ3) is 2.67. The minimum atomic E-state index is -0.352. The van der Waals surface area contributed by atoms with Crippen molar-refractivity contribution in [3.05, 3.63) is 59.7 Å². The molecule has 1 saturated heterocycles. The summed E-state index contributed by atoms with van der Waals surface area (Å²) in [6.07, 6.45) is 2.18. The predicted octanol–water partition coefficient (Wildman–Crippen LogP) is 3.61. The zero-order valence-corrected chi connectivity index (χ0v) is 13.7. The highest BCUT2D eigenvalue weighted by Gasteiger charge is 2.34. The molecule has 4 nitrogen and oxygen atoms in total. The van der Waals surface area contributed by atoms with Crippen molar-refractivity contribution in [1.82, 2.24) is 5.32 Å². The quantitative estimate of drug-likeness (QED) is 0.939. The monoisotopic (exact) mass is 323 g/mol. The van der Waals surface area contributed by atoms with Crippen molar-refractivity contribution < 1.29 is 14.3 Å². The first-order valence-electron chi connectivity index (χ1n) is 8.52. The maximum Gasteiger partial charge on any atom is 0.232 e.